The van der Waals surface area contributed by atoms with E-state index in [1.165, 1.54) is 10.4 Å². The van der Waals surface area contributed by atoms with Gasteiger partial charge in [-0.25, -0.2) is 0 Å². The Kier molecular flexibility index (Phi) is 5.63. The lowest BCUT2D eigenvalue weighted by Crippen LogP contribution is -2.44. The second-order valence-electron chi connectivity index (χ2n) is 4.39. The van der Waals surface area contributed by atoms with Crippen LogP contribution in [0.1, 0.15) is 50.1 Å². The number of aryl methyl sites for hydroxylation is 1. The Morgan fingerprint density at radius 3 is 2.35 bits per heavy atom. The minimum atomic E-state index is -0.0842. The number of thiophene rings is 1. The number of hydrogen-bond acceptors (Lipinski definition) is 3. The SMILES string of the molecule is CCOC(CC)(CC)C(NC)c1sccc1C. The Labute approximate surface area is 109 Å². The summed E-state index contributed by atoms with van der Waals surface area (Å²) in [5.74, 6) is 0. The molecule has 0 aliphatic carbocycles. The van der Waals surface area contributed by atoms with Crippen LogP contribution in [-0.2, 0) is 4.74 Å². The molecule has 1 rings (SSSR count). The van der Waals surface area contributed by atoms with Crippen molar-refractivity contribution in [2.45, 2.75) is 52.2 Å². The molecule has 3 heteroatoms. The van der Waals surface area contributed by atoms with Gasteiger partial charge in [0.15, 0.2) is 0 Å². The summed E-state index contributed by atoms with van der Waals surface area (Å²) in [7, 11) is 2.03. The van der Waals surface area contributed by atoms with Crippen molar-refractivity contribution in [1.29, 1.82) is 0 Å². The molecule has 0 bridgehead atoms. The summed E-state index contributed by atoms with van der Waals surface area (Å²) in [5, 5.41) is 5.62. The van der Waals surface area contributed by atoms with Crippen LogP contribution in [0, 0.1) is 6.92 Å². The molecule has 2 nitrogen and oxygen atoms in total. The maximum atomic E-state index is 6.10. The largest absolute Gasteiger partial charge is 0.373 e. The van der Waals surface area contributed by atoms with Crippen molar-refractivity contribution in [2.75, 3.05) is 13.7 Å². The molecular formula is C14H25NOS. The van der Waals surface area contributed by atoms with E-state index in [9.17, 15) is 0 Å². The maximum absolute atomic E-state index is 6.10. The molecule has 0 aromatic carbocycles. The highest BCUT2D eigenvalue weighted by Gasteiger charge is 2.37. The summed E-state index contributed by atoms with van der Waals surface area (Å²) in [6, 6.07) is 2.48. The highest BCUT2D eigenvalue weighted by molar-refractivity contribution is 7.10. The standard InChI is InChI=1S/C14H25NOS/c1-6-14(7-2,16-8-3)13(15-5)12-11(4)9-10-17-12/h9-10,13,15H,6-8H2,1-5H3. The average Bonchev–Trinajstić information content (AvgIpc) is 2.75. The third-order valence-electron chi connectivity index (χ3n) is 3.61. The second kappa shape index (κ2) is 6.53. The number of likely N-dealkylation sites (N-methyl/N-ethyl adjacent to an activating group) is 1. The normalized spacial score (nSPS) is 13.9. The number of hydrogen-bond donors (Lipinski definition) is 1. The van der Waals surface area contributed by atoms with E-state index in [0.717, 1.165) is 19.4 Å². The van der Waals surface area contributed by atoms with Crippen molar-refractivity contribution < 1.29 is 4.74 Å². The molecule has 0 saturated carbocycles. The van der Waals surface area contributed by atoms with E-state index in [-0.39, 0.29) is 11.6 Å². The Hall–Kier alpha value is -0.380. The maximum Gasteiger partial charge on any atom is 0.0878 e. The lowest BCUT2D eigenvalue weighted by Gasteiger charge is -2.39. The Morgan fingerprint density at radius 2 is 2.00 bits per heavy atom. The fraction of sp³-hybridized carbons (Fsp3) is 0.714. The van der Waals surface area contributed by atoms with E-state index in [1.54, 1.807) is 0 Å². The molecule has 1 N–H and O–H groups in total. The van der Waals surface area contributed by atoms with Gasteiger partial charge in [-0.15, -0.1) is 11.3 Å². The zero-order valence-corrected chi connectivity index (χ0v) is 12.5. The minimum absolute atomic E-state index is 0.0842. The van der Waals surface area contributed by atoms with Crippen molar-refractivity contribution in [1.82, 2.24) is 5.32 Å². The first-order valence-corrected chi connectivity index (χ1v) is 7.38. The van der Waals surface area contributed by atoms with Gasteiger partial charge in [0.25, 0.3) is 0 Å². The first-order chi connectivity index (χ1) is 8.15. The molecular weight excluding hydrogens is 230 g/mol. The first kappa shape index (κ1) is 14.7. The van der Waals surface area contributed by atoms with Gasteiger partial charge in [0.2, 0.25) is 0 Å². The average molecular weight is 255 g/mol. The van der Waals surface area contributed by atoms with E-state index in [4.69, 9.17) is 4.74 Å². The molecule has 17 heavy (non-hydrogen) atoms. The van der Waals surface area contributed by atoms with Crippen LogP contribution in [-0.4, -0.2) is 19.3 Å². The summed E-state index contributed by atoms with van der Waals surface area (Å²) in [4.78, 5) is 1.41. The molecule has 1 unspecified atom stereocenters. The number of ether oxygens (including phenoxy) is 1. The van der Waals surface area contributed by atoms with Crippen molar-refractivity contribution in [3.63, 3.8) is 0 Å². The summed E-state index contributed by atoms with van der Waals surface area (Å²) in [5.41, 5.74) is 1.28. The highest BCUT2D eigenvalue weighted by Crippen LogP contribution is 2.38. The van der Waals surface area contributed by atoms with E-state index in [2.05, 4.69) is 44.5 Å². The van der Waals surface area contributed by atoms with Gasteiger partial charge in [-0.1, -0.05) is 13.8 Å². The molecule has 0 saturated heterocycles. The molecule has 0 aliphatic heterocycles. The lowest BCUT2D eigenvalue weighted by atomic mass is 9.86. The highest BCUT2D eigenvalue weighted by atomic mass is 32.1. The van der Waals surface area contributed by atoms with Crippen LogP contribution < -0.4 is 5.32 Å². The molecule has 1 heterocycles. The monoisotopic (exact) mass is 255 g/mol. The molecule has 1 aromatic heterocycles. The van der Waals surface area contributed by atoms with Crippen LogP contribution in [0.2, 0.25) is 0 Å². The van der Waals surface area contributed by atoms with E-state index in [1.807, 2.05) is 18.4 Å². The molecule has 0 fully saturated rings. The predicted octanol–water partition coefficient (Wildman–Crippen LogP) is 3.91. The smallest absolute Gasteiger partial charge is 0.0878 e. The fourth-order valence-corrected chi connectivity index (χ4v) is 3.69. The third kappa shape index (κ3) is 2.90. The van der Waals surface area contributed by atoms with Crippen molar-refractivity contribution >= 4 is 11.3 Å². The van der Waals surface area contributed by atoms with Gasteiger partial charge in [0.1, 0.15) is 0 Å². The molecule has 0 spiro atoms. The van der Waals surface area contributed by atoms with Crippen LogP contribution in [0.15, 0.2) is 11.4 Å². The van der Waals surface area contributed by atoms with Gasteiger partial charge < -0.3 is 10.1 Å². The summed E-state index contributed by atoms with van der Waals surface area (Å²) >= 11 is 1.82. The lowest BCUT2D eigenvalue weighted by molar-refractivity contribution is -0.0711. The number of nitrogens with one attached hydrogen (secondary N) is 1. The molecule has 0 aliphatic rings. The van der Waals surface area contributed by atoms with Crippen molar-refractivity contribution in [2.24, 2.45) is 0 Å². The number of rotatable bonds is 7. The van der Waals surface area contributed by atoms with Gasteiger partial charge >= 0.3 is 0 Å². The zero-order chi connectivity index (χ0) is 12.9. The van der Waals surface area contributed by atoms with Gasteiger partial charge in [-0.2, -0.15) is 0 Å². The van der Waals surface area contributed by atoms with E-state index >= 15 is 0 Å². The third-order valence-corrected chi connectivity index (χ3v) is 4.69. The van der Waals surface area contributed by atoms with Crippen LogP contribution in [0.25, 0.3) is 0 Å². The van der Waals surface area contributed by atoms with E-state index < -0.39 is 0 Å². The Bertz CT molecular complexity index is 331. The quantitative estimate of drug-likeness (QED) is 0.797. The van der Waals surface area contributed by atoms with Gasteiger partial charge in [0, 0.05) is 11.5 Å². The molecule has 1 aromatic rings. The summed E-state index contributed by atoms with van der Waals surface area (Å²) in [6.45, 7) is 9.45. The van der Waals surface area contributed by atoms with Crippen molar-refractivity contribution in [3.8, 4) is 0 Å². The minimum Gasteiger partial charge on any atom is -0.373 e. The summed E-state index contributed by atoms with van der Waals surface area (Å²) in [6.07, 6.45) is 2.06. The van der Waals surface area contributed by atoms with Gasteiger partial charge in [-0.05, 0) is 50.7 Å². The molecule has 0 amide bonds. The Balaban J connectivity index is 3.09. The molecule has 1 atom stereocenters. The predicted molar refractivity (Wildman–Crippen MR) is 75.8 cm³/mol. The summed E-state index contributed by atoms with van der Waals surface area (Å²) < 4.78 is 6.10. The Morgan fingerprint density at radius 1 is 1.35 bits per heavy atom. The fourth-order valence-electron chi connectivity index (χ4n) is 2.55. The first-order valence-electron chi connectivity index (χ1n) is 6.50. The van der Waals surface area contributed by atoms with Crippen LogP contribution in [0.3, 0.4) is 0 Å². The van der Waals surface area contributed by atoms with Gasteiger partial charge in [-0.3, -0.25) is 0 Å². The van der Waals surface area contributed by atoms with Gasteiger partial charge in [0.05, 0.1) is 11.6 Å². The second-order valence-corrected chi connectivity index (χ2v) is 5.34. The van der Waals surface area contributed by atoms with Crippen LogP contribution >= 0.6 is 11.3 Å². The molecule has 98 valence electrons. The van der Waals surface area contributed by atoms with E-state index in [0.29, 0.717) is 0 Å². The molecule has 0 radical (unpaired) electrons. The zero-order valence-electron chi connectivity index (χ0n) is 11.7. The van der Waals surface area contributed by atoms with Crippen molar-refractivity contribution in [3.05, 3.63) is 21.9 Å². The van der Waals surface area contributed by atoms with Crippen LogP contribution in [0.5, 0.6) is 0 Å². The topological polar surface area (TPSA) is 21.3 Å². The van der Waals surface area contributed by atoms with Crippen LogP contribution in [0.4, 0.5) is 0 Å².